The fourth-order valence-electron chi connectivity index (χ4n) is 1.65. The first-order chi connectivity index (χ1) is 10.2. The van der Waals surface area contributed by atoms with E-state index in [0.717, 1.165) is 5.69 Å². The second-order valence-corrected chi connectivity index (χ2v) is 4.08. The van der Waals surface area contributed by atoms with Crippen LogP contribution in [-0.2, 0) is 7.05 Å². The minimum absolute atomic E-state index is 0.0615. The van der Waals surface area contributed by atoms with Gasteiger partial charge >= 0.3 is 6.01 Å². The van der Waals surface area contributed by atoms with Gasteiger partial charge in [0, 0.05) is 13.1 Å². The van der Waals surface area contributed by atoms with Crippen LogP contribution >= 0.6 is 0 Å². The molecule has 0 radical (unpaired) electrons. The molecule has 0 saturated heterocycles. The van der Waals surface area contributed by atoms with Crippen molar-refractivity contribution in [2.75, 3.05) is 5.43 Å². The van der Waals surface area contributed by atoms with Crippen LogP contribution in [0.5, 0.6) is 11.9 Å². The molecule has 0 bridgehead atoms. The Balaban J connectivity index is 1.98. The molecule has 0 spiro atoms. The van der Waals surface area contributed by atoms with Crippen molar-refractivity contribution >= 4 is 5.95 Å². The van der Waals surface area contributed by atoms with Crippen molar-refractivity contribution in [2.45, 2.75) is 6.92 Å². The van der Waals surface area contributed by atoms with Gasteiger partial charge < -0.3 is 4.74 Å². The molecule has 3 heterocycles. The van der Waals surface area contributed by atoms with E-state index in [2.05, 4.69) is 35.6 Å². The Labute approximate surface area is 118 Å². The van der Waals surface area contributed by atoms with Crippen molar-refractivity contribution in [3.8, 4) is 17.8 Å². The number of nitrogen functional groups attached to an aromatic ring is 1. The van der Waals surface area contributed by atoms with Crippen molar-refractivity contribution < 1.29 is 4.74 Å². The molecule has 0 fully saturated rings. The predicted octanol–water partition coefficient (Wildman–Crippen LogP) is -0.428. The third kappa shape index (κ3) is 2.62. The smallest absolute Gasteiger partial charge is 0.330 e. The second kappa shape index (κ2) is 5.13. The van der Waals surface area contributed by atoms with E-state index in [-0.39, 0.29) is 17.9 Å². The number of hydrogen-bond acceptors (Lipinski definition) is 9. The zero-order valence-corrected chi connectivity index (χ0v) is 11.3. The summed E-state index contributed by atoms with van der Waals surface area (Å²) in [6, 6.07) is 1.82. The van der Waals surface area contributed by atoms with Gasteiger partial charge in [-0.25, -0.2) is 15.5 Å². The lowest BCUT2D eigenvalue weighted by atomic mass is 10.5. The molecule has 3 aromatic heterocycles. The summed E-state index contributed by atoms with van der Waals surface area (Å²) in [7, 11) is 1.75. The molecule has 11 heteroatoms. The van der Waals surface area contributed by atoms with E-state index in [1.807, 2.05) is 6.92 Å². The summed E-state index contributed by atoms with van der Waals surface area (Å²) in [5, 5.41) is 8.12. The maximum atomic E-state index is 5.59. The third-order valence-corrected chi connectivity index (χ3v) is 2.51. The Morgan fingerprint density at radius 2 is 2.14 bits per heavy atom. The summed E-state index contributed by atoms with van der Waals surface area (Å²) >= 11 is 0. The zero-order valence-electron chi connectivity index (χ0n) is 11.3. The topological polar surface area (TPSA) is 134 Å². The molecule has 21 heavy (non-hydrogen) atoms. The Morgan fingerprint density at radius 1 is 1.29 bits per heavy atom. The average Bonchev–Trinajstić information content (AvgIpc) is 3.09. The minimum Gasteiger partial charge on any atom is -0.405 e. The summed E-state index contributed by atoms with van der Waals surface area (Å²) in [4.78, 5) is 16.1. The van der Waals surface area contributed by atoms with E-state index in [1.54, 1.807) is 17.8 Å². The Hall–Kier alpha value is -3.08. The normalized spacial score (nSPS) is 10.6. The van der Waals surface area contributed by atoms with E-state index in [9.17, 15) is 0 Å². The molecule has 3 aromatic rings. The highest BCUT2D eigenvalue weighted by Gasteiger charge is 2.12. The van der Waals surface area contributed by atoms with Gasteiger partial charge in [-0.15, -0.1) is 0 Å². The summed E-state index contributed by atoms with van der Waals surface area (Å²) in [6.45, 7) is 1.86. The Bertz CT molecular complexity index is 749. The summed E-state index contributed by atoms with van der Waals surface area (Å²) in [5.74, 6) is 6.21. The van der Waals surface area contributed by atoms with Crippen LogP contribution in [0, 0.1) is 6.92 Å². The van der Waals surface area contributed by atoms with E-state index >= 15 is 0 Å². The average molecular weight is 288 g/mol. The van der Waals surface area contributed by atoms with Crippen molar-refractivity contribution in [1.29, 1.82) is 0 Å². The first-order valence-electron chi connectivity index (χ1n) is 5.92. The van der Waals surface area contributed by atoms with Gasteiger partial charge in [-0.3, -0.25) is 5.43 Å². The molecule has 3 rings (SSSR count). The standard InChI is InChI=1S/C10H12N10O/c1-6-3-7(19(2)18-6)21-10-15-8(17-11)14-9(16-10)20-5-12-4-13-20/h3-5H,11H2,1-2H3,(H,14,15,16,17). The Kier molecular flexibility index (Phi) is 3.16. The molecular formula is C10H12N10O. The maximum Gasteiger partial charge on any atom is 0.330 e. The van der Waals surface area contributed by atoms with Gasteiger partial charge in [-0.2, -0.15) is 29.8 Å². The fraction of sp³-hybridized carbons (Fsp3) is 0.200. The highest BCUT2D eigenvalue weighted by Crippen LogP contribution is 2.19. The van der Waals surface area contributed by atoms with Crippen LogP contribution in [0.25, 0.3) is 5.95 Å². The van der Waals surface area contributed by atoms with E-state index in [0.29, 0.717) is 5.88 Å². The predicted molar refractivity (Wildman–Crippen MR) is 70.6 cm³/mol. The van der Waals surface area contributed by atoms with Gasteiger partial charge in [0.15, 0.2) is 0 Å². The largest absolute Gasteiger partial charge is 0.405 e. The number of nitrogens with zero attached hydrogens (tertiary/aromatic N) is 8. The molecule has 0 amide bonds. The van der Waals surface area contributed by atoms with Gasteiger partial charge in [-0.1, -0.05) is 0 Å². The SMILES string of the molecule is Cc1cc(Oc2nc(NN)nc(-n3cncn3)n2)n(C)n1. The number of rotatable bonds is 4. The molecule has 0 atom stereocenters. The first-order valence-corrected chi connectivity index (χ1v) is 5.92. The molecule has 0 aliphatic heterocycles. The number of hydrazine groups is 1. The van der Waals surface area contributed by atoms with Crippen LogP contribution in [-0.4, -0.2) is 39.5 Å². The van der Waals surface area contributed by atoms with Crippen molar-refractivity contribution in [3.63, 3.8) is 0 Å². The van der Waals surface area contributed by atoms with Crippen LogP contribution < -0.4 is 16.0 Å². The van der Waals surface area contributed by atoms with Crippen LogP contribution in [0.2, 0.25) is 0 Å². The molecule has 11 nitrogen and oxygen atoms in total. The third-order valence-electron chi connectivity index (χ3n) is 2.51. The number of nitrogens with two attached hydrogens (primary N) is 1. The van der Waals surface area contributed by atoms with Crippen LogP contribution in [0.15, 0.2) is 18.7 Å². The van der Waals surface area contributed by atoms with Gasteiger partial charge in [0.1, 0.15) is 12.7 Å². The monoisotopic (exact) mass is 288 g/mol. The fourth-order valence-corrected chi connectivity index (χ4v) is 1.65. The van der Waals surface area contributed by atoms with Crippen molar-refractivity contribution in [1.82, 2.24) is 39.5 Å². The highest BCUT2D eigenvalue weighted by atomic mass is 16.5. The first kappa shape index (κ1) is 12.9. The number of anilines is 1. The van der Waals surface area contributed by atoms with Crippen molar-refractivity contribution in [3.05, 3.63) is 24.4 Å². The highest BCUT2D eigenvalue weighted by molar-refractivity contribution is 5.29. The van der Waals surface area contributed by atoms with E-state index in [4.69, 9.17) is 10.6 Å². The number of aromatic nitrogens is 8. The molecule has 0 unspecified atom stereocenters. The molecule has 3 N–H and O–H groups in total. The van der Waals surface area contributed by atoms with Gasteiger partial charge in [-0.05, 0) is 6.92 Å². The number of hydrogen-bond donors (Lipinski definition) is 2. The number of nitrogens with one attached hydrogen (secondary N) is 1. The molecular weight excluding hydrogens is 276 g/mol. The molecule has 0 saturated carbocycles. The summed E-state index contributed by atoms with van der Waals surface area (Å²) in [5.41, 5.74) is 3.16. The quantitative estimate of drug-likeness (QED) is 0.484. The van der Waals surface area contributed by atoms with Gasteiger partial charge in [0.25, 0.3) is 5.95 Å². The van der Waals surface area contributed by atoms with Crippen molar-refractivity contribution in [2.24, 2.45) is 12.9 Å². The minimum atomic E-state index is 0.0615. The lowest BCUT2D eigenvalue weighted by molar-refractivity contribution is 0.396. The zero-order chi connectivity index (χ0) is 14.8. The van der Waals surface area contributed by atoms with Crippen LogP contribution in [0.1, 0.15) is 5.69 Å². The Morgan fingerprint density at radius 3 is 2.76 bits per heavy atom. The van der Waals surface area contributed by atoms with Gasteiger partial charge in [0.05, 0.1) is 5.69 Å². The molecule has 0 aliphatic rings. The second-order valence-electron chi connectivity index (χ2n) is 4.08. The summed E-state index contributed by atoms with van der Waals surface area (Å²) < 4.78 is 8.53. The molecule has 0 aliphatic carbocycles. The number of ether oxygens (including phenoxy) is 1. The van der Waals surface area contributed by atoms with E-state index in [1.165, 1.54) is 17.3 Å². The lowest BCUT2D eigenvalue weighted by Gasteiger charge is -2.07. The van der Waals surface area contributed by atoms with Gasteiger partial charge in [0.2, 0.25) is 11.8 Å². The molecule has 0 aromatic carbocycles. The molecule has 108 valence electrons. The van der Waals surface area contributed by atoms with Crippen LogP contribution in [0.4, 0.5) is 5.95 Å². The maximum absolute atomic E-state index is 5.59. The van der Waals surface area contributed by atoms with E-state index < -0.39 is 0 Å². The summed E-state index contributed by atoms with van der Waals surface area (Å²) in [6.07, 6.45) is 2.82. The van der Waals surface area contributed by atoms with Crippen LogP contribution in [0.3, 0.4) is 0 Å². The number of aryl methyl sites for hydroxylation is 2. The lowest BCUT2D eigenvalue weighted by Crippen LogP contribution is -2.14.